The Hall–Kier alpha value is -1.52. The highest BCUT2D eigenvalue weighted by Gasteiger charge is 2.27. The van der Waals surface area contributed by atoms with E-state index in [2.05, 4.69) is 22.2 Å². The maximum absolute atomic E-state index is 13.3. The standard InChI is InChI=1S/C21H35N5O3S/c1-19-3-5-20(6-4-19)30(28,29)26(18-17-24-15-13-23(2)14-16-24)10-7-21(27)25-11-8-22-9-12-25/h3-6,22H,7-18H2,1-2H3. The van der Waals surface area contributed by atoms with Crippen LogP contribution in [0.3, 0.4) is 0 Å². The summed E-state index contributed by atoms with van der Waals surface area (Å²) in [4.78, 5) is 19.3. The second-order valence-electron chi connectivity index (χ2n) is 8.24. The zero-order chi connectivity index (χ0) is 21.6. The summed E-state index contributed by atoms with van der Waals surface area (Å²) >= 11 is 0. The van der Waals surface area contributed by atoms with Crippen LogP contribution in [0, 0.1) is 6.92 Å². The van der Waals surface area contributed by atoms with Crippen molar-refractivity contribution in [3.63, 3.8) is 0 Å². The number of piperazine rings is 2. The maximum Gasteiger partial charge on any atom is 0.243 e. The van der Waals surface area contributed by atoms with E-state index in [1.54, 1.807) is 12.1 Å². The van der Waals surface area contributed by atoms with Crippen LogP contribution in [0.2, 0.25) is 0 Å². The average molecular weight is 438 g/mol. The van der Waals surface area contributed by atoms with Crippen LogP contribution >= 0.6 is 0 Å². The van der Waals surface area contributed by atoms with Gasteiger partial charge in [0, 0.05) is 78.4 Å². The molecule has 0 spiro atoms. The SMILES string of the molecule is Cc1ccc(S(=O)(=O)N(CCC(=O)N2CCNCC2)CCN2CCN(C)CC2)cc1. The highest BCUT2D eigenvalue weighted by Crippen LogP contribution is 2.17. The highest BCUT2D eigenvalue weighted by atomic mass is 32.2. The number of carbonyl (C=O) groups excluding carboxylic acids is 1. The molecule has 9 heteroatoms. The summed E-state index contributed by atoms with van der Waals surface area (Å²) in [5.74, 6) is 0.0280. The number of likely N-dealkylation sites (N-methyl/N-ethyl adjacent to an activating group) is 1. The van der Waals surface area contributed by atoms with E-state index >= 15 is 0 Å². The van der Waals surface area contributed by atoms with Gasteiger partial charge in [0.2, 0.25) is 15.9 Å². The molecular weight excluding hydrogens is 402 g/mol. The molecule has 2 aliphatic heterocycles. The molecule has 1 N–H and O–H groups in total. The fraction of sp³-hybridized carbons (Fsp3) is 0.667. The van der Waals surface area contributed by atoms with E-state index in [1.165, 1.54) is 4.31 Å². The Bertz CT molecular complexity index is 785. The van der Waals surface area contributed by atoms with E-state index in [-0.39, 0.29) is 18.9 Å². The van der Waals surface area contributed by atoms with Crippen LogP contribution in [0.25, 0.3) is 0 Å². The second kappa shape index (κ2) is 10.7. The summed E-state index contributed by atoms with van der Waals surface area (Å²) in [6.07, 6.45) is 0.216. The number of aryl methyl sites for hydroxylation is 1. The van der Waals surface area contributed by atoms with Crippen molar-refractivity contribution in [1.29, 1.82) is 0 Å². The number of sulfonamides is 1. The lowest BCUT2D eigenvalue weighted by Crippen LogP contribution is -2.49. The molecule has 1 amide bonds. The minimum atomic E-state index is -3.64. The molecule has 2 saturated heterocycles. The Kier molecular flexibility index (Phi) is 8.24. The van der Waals surface area contributed by atoms with Gasteiger partial charge < -0.3 is 15.1 Å². The van der Waals surface area contributed by atoms with E-state index in [9.17, 15) is 13.2 Å². The molecule has 0 unspecified atom stereocenters. The van der Waals surface area contributed by atoms with Crippen molar-refractivity contribution < 1.29 is 13.2 Å². The van der Waals surface area contributed by atoms with Gasteiger partial charge in [0.25, 0.3) is 0 Å². The zero-order valence-electron chi connectivity index (χ0n) is 18.2. The van der Waals surface area contributed by atoms with Gasteiger partial charge in [0.05, 0.1) is 4.90 Å². The summed E-state index contributed by atoms with van der Waals surface area (Å²) in [6.45, 7) is 10.0. The lowest BCUT2D eigenvalue weighted by molar-refractivity contribution is -0.131. The molecule has 30 heavy (non-hydrogen) atoms. The van der Waals surface area contributed by atoms with Gasteiger partial charge in [0.15, 0.2) is 0 Å². The summed E-state index contributed by atoms with van der Waals surface area (Å²) < 4.78 is 28.1. The topological polar surface area (TPSA) is 76.2 Å². The van der Waals surface area contributed by atoms with Crippen molar-refractivity contribution in [3.05, 3.63) is 29.8 Å². The third-order valence-corrected chi connectivity index (χ3v) is 7.88. The minimum Gasteiger partial charge on any atom is -0.340 e. The van der Waals surface area contributed by atoms with E-state index < -0.39 is 10.0 Å². The zero-order valence-corrected chi connectivity index (χ0v) is 19.0. The number of hydrogen-bond acceptors (Lipinski definition) is 6. The quantitative estimate of drug-likeness (QED) is 0.620. The fourth-order valence-corrected chi connectivity index (χ4v) is 5.26. The van der Waals surface area contributed by atoms with Gasteiger partial charge in [-0.25, -0.2) is 8.42 Å². The predicted octanol–water partition coefficient (Wildman–Crippen LogP) is 0.0550. The van der Waals surface area contributed by atoms with Gasteiger partial charge in [0.1, 0.15) is 0 Å². The molecule has 8 nitrogen and oxygen atoms in total. The van der Waals surface area contributed by atoms with Crippen LogP contribution in [0.15, 0.2) is 29.2 Å². The van der Waals surface area contributed by atoms with Gasteiger partial charge in [-0.1, -0.05) is 17.7 Å². The van der Waals surface area contributed by atoms with Gasteiger partial charge in [-0.3, -0.25) is 9.69 Å². The largest absolute Gasteiger partial charge is 0.340 e. The molecule has 1 aromatic rings. The summed E-state index contributed by atoms with van der Waals surface area (Å²) in [5.41, 5.74) is 1.02. The van der Waals surface area contributed by atoms with E-state index in [1.807, 2.05) is 24.0 Å². The number of rotatable bonds is 8. The lowest BCUT2D eigenvalue weighted by Gasteiger charge is -2.34. The first-order chi connectivity index (χ1) is 14.4. The molecule has 0 atom stereocenters. The second-order valence-corrected chi connectivity index (χ2v) is 10.2. The maximum atomic E-state index is 13.3. The smallest absolute Gasteiger partial charge is 0.243 e. The van der Waals surface area contributed by atoms with Crippen LogP contribution < -0.4 is 5.32 Å². The highest BCUT2D eigenvalue weighted by molar-refractivity contribution is 7.89. The van der Waals surface area contributed by atoms with Gasteiger partial charge in [-0.15, -0.1) is 0 Å². The Morgan fingerprint density at radius 1 is 1.00 bits per heavy atom. The summed E-state index contributed by atoms with van der Waals surface area (Å²) in [6, 6.07) is 6.95. The van der Waals surface area contributed by atoms with E-state index in [0.717, 1.165) is 44.8 Å². The van der Waals surface area contributed by atoms with Crippen LogP contribution in [0.5, 0.6) is 0 Å². The molecule has 2 fully saturated rings. The first kappa shape index (κ1) is 23.1. The number of amides is 1. The van der Waals surface area contributed by atoms with Gasteiger partial charge in [-0.05, 0) is 26.1 Å². The molecule has 0 radical (unpaired) electrons. The summed E-state index contributed by atoms with van der Waals surface area (Å²) in [5, 5.41) is 3.24. The average Bonchev–Trinajstić information content (AvgIpc) is 2.75. The van der Waals surface area contributed by atoms with Crippen molar-refractivity contribution in [2.24, 2.45) is 0 Å². The van der Waals surface area contributed by atoms with Crippen molar-refractivity contribution in [1.82, 2.24) is 24.3 Å². The number of benzene rings is 1. The Labute approximate surface area is 180 Å². The monoisotopic (exact) mass is 437 g/mol. The van der Waals surface area contributed by atoms with Crippen LogP contribution in [-0.2, 0) is 14.8 Å². The van der Waals surface area contributed by atoms with E-state index in [0.29, 0.717) is 31.1 Å². The molecule has 3 rings (SSSR count). The molecule has 1 aromatic carbocycles. The Morgan fingerprint density at radius 3 is 2.27 bits per heavy atom. The fourth-order valence-electron chi connectivity index (χ4n) is 3.83. The number of hydrogen-bond donors (Lipinski definition) is 1. The number of nitrogens with zero attached hydrogens (tertiary/aromatic N) is 4. The molecule has 2 heterocycles. The predicted molar refractivity (Wildman–Crippen MR) is 118 cm³/mol. The van der Waals surface area contributed by atoms with Crippen molar-refractivity contribution in [3.8, 4) is 0 Å². The van der Waals surface area contributed by atoms with Crippen molar-refractivity contribution in [2.75, 3.05) is 79.0 Å². The molecular formula is C21H35N5O3S. The normalized spacial score (nSPS) is 19.4. The van der Waals surface area contributed by atoms with Gasteiger partial charge >= 0.3 is 0 Å². The third-order valence-electron chi connectivity index (χ3n) is 5.97. The van der Waals surface area contributed by atoms with E-state index in [4.69, 9.17) is 0 Å². The molecule has 168 valence electrons. The molecule has 2 aliphatic rings. The van der Waals surface area contributed by atoms with Crippen LogP contribution in [0.4, 0.5) is 0 Å². The molecule has 0 bridgehead atoms. The Balaban J connectivity index is 1.67. The summed E-state index contributed by atoms with van der Waals surface area (Å²) in [7, 11) is -1.54. The van der Waals surface area contributed by atoms with Crippen molar-refractivity contribution in [2.45, 2.75) is 18.2 Å². The molecule has 0 aliphatic carbocycles. The molecule has 0 saturated carbocycles. The first-order valence-electron chi connectivity index (χ1n) is 10.8. The van der Waals surface area contributed by atoms with Crippen molar-refractivity contribution >= 4 is 15.9 Å². The Morgan fingerprint density at radius 2 is 1.63 bits per heavy atom. The molecule has 0 aromatic heterocycles. The van der Waals surface area contributed by atoms with Crippen LogP contribution in [0.1, 0.15) is 12.0 Å². The van der Waals surface area contributed by atoms with Gasteiger partial charge in [-0.2, -0.15) is 4.31 Å². The first-order valence-corrected chi connectivity index (χ1v) is 12.3. The van der Waals surface area contributed by atoms with Crippen LogP contribution in [-0.4, -0.2) is 112 Å². The number of carbonyl (C=O) groups is 1. The third kappa shape index (κ3) is 6.24. The minimum absolute atomic E-state index is 0.0280. The number of nitrogens with one attached hydrogen (secondary N) is 1. The lowest BCUT2D eigenvalue weighted by atomic mass is 10.2.